The van der Waals surface area contributed by atoms with Crippen molar-refractivity contribution < 1.29 is 14.1 Å². The summed E-state index contributed by atoms with van der Waals surface area (Å²) >= 11 is 3.22. The molecule has 0 fully saturated rings. The summed E-state index contributed by atoms with van der Waals surface area (Å²) in [6.45, 7) is 0.276. The van der Waals surface area contributed by atoms with Crippen molar-refractivity contribution in [2.45, 2.75) is 24.3 Å². The first-order valence-corrected chi connectivity index (χ1v) is 9.50. The molecule has 0 atom stereocenters. The summed E-state index contributed by atoms with van der Waals surface area (Å²) in [5.41, 5.74) is 0.971. The van der Waals surface area contributed by atoms with Gasteiger partial charge in [-0.3, -0.25) is 4.79 Å². The largest absolute Gasteiger partial charge is 0.461 e. The van der Waals surface area contributed by atoms with Gasteiger partial charge in [-0.25, -0.2) is 0 Å². The third-order valence-corrected chi connectivity index (χ3v) is 4.92. The molecule has 0 bridgehead atoms. The molecule has 0 unspecified atom stereocenters. The highest BCUT2D eigenvalue weighted by Crippen LogP contribution is 2.21. The van der Waals surface area contributed by atoms with Gasteiger partial charge in [0.2, 0.25) is 11.7 Å². The quantitative estimate of drug-likeness (QED) is 0.465. The minimum absolute atomic E-state index is 0.217. The van der Waals surface area contributed by atoms with Crippen LogP contribution in [0.25, 0.3) is 10.7 Å². The number of carbonyl (C=O) groups is 1. The number of aryl methyl sites for hydroxylation is 1. The van der Waals surface area contributed by atoms with Crippen molar-refractivity contribution >= 4 is 29.1 Å². The minimum atomic E-state index is -0.278. The van der Waals surface area contributed by atoms with E-state index in [-0.39, 0.29) is 19.0 Å². The van der Waals surface area contributed by atoms with E-state index in [4.69, 9.17) is 9.26 Å². The Morgan fingerprint density at radius 3 is 2.83 bits per heavy atom. The molecule has 0 radical (unpaired) electrons. The van der Waals surface area contributed by atoms with Crippen molar-refractivity contribution in [2.75, 3.05) is 6.26 Å². The predicted octanol–water partition coefficient (Wildman–Crippen LogP) is 4.20. The molecule has 0 spiro atoms. The molecule has 2 aromatic heterocycles. The molecule has 3 rings (SSSR count). The number of thioether (sulfide) groups is 1. The van der Waals surface area contributed by atoms with Gasteiger partial charge in [0.15, 0.2) is 0 Å². The third-order valence-electron chi connectivity index (χ3n) is 3.31. The molecule has 0 aliphatic carbocycles. The molecular formula is C17H16N2O3S2. The smallest absolute Gasteiger partial charge is 0.306 e. The second-order valence-electron chi connectivity index (χ2n) is 5.00. The maximum absolute atomic E-state index is 11.8. The number of aromatic nitrogens is 2. The predicted molar refractivity (Wildman–Crippen MR) is 94.0 cm³/mol. The molecular weight excluding hydrogens is 344 g/mol. The zero-order valence-corrected chi connectivity index (χ0v) is 14.7. The SMILES string of the molecule is CSc1ccc(COC(=O)CCc2nc(-c3cccs3)no2)cc1. The van der Waals surface area contributed by atoms with Crippen LogP contribution in [0.5, 0.6) is 0 Å². The molecule has 7 heteroatoms. The van der Waals surface area contributed by atoms with Gasteiger partial charge in [-0.1, -0.05) is 23.4 Å². The van der Waals surface area contributed by atoms with E-state index in [1.54, 1.807) is 23.1 Å². The molecule has 2 heterocycles. The highest BCUT2D eigenvalue weighted by molar-refractivity contribution is 7.98. The van der Waals surface area contributed by atoms with Crippen LogP contribution in [0.1, 0.15) is 17.9 Å². The third kappa shape index (κ3) is 4.46. The number of hydrogen-bond acceptors (Lipinski definition) is 7. The fraction of sp³-hybridized carbons (Fsp3) is 0.235. The topological polar surface area (TPSA) is 65.2 Å². The van der Waals surface area contributed by atoms with E-state index >= 15 is 0 Å². The summed E-state index contributed by atoms with van der Waals surface area (Å²) in [7, 11) is 0. The van der Waals surface area contributed by atoms with Crippen LogP contribution in [0, 0.1) is 0 Å². The summed E-state index contributed by atoms with van der Waals surface area (Å²) in [5, 5.41) is 5.87. The molecule has 0 aliphatic heterocycles. The number of esters is 1. The first kappa shape index (κ1) is 16.7. The van der Waals surface area contributed by atoms with Gasteiger partial charge in [0.05, 0.1) is 11.3 Å². The van der Waals surface area contributed by atoms with Crippen LogP contribution in [0.4, 0.5) is 0 Å². The molecule has 124 valence electrons. The van der Waals surface area contributed by atoms with Crippen LogP contribution in [0.15, 0.2) is 51.2 Å². The van der Waals surface area contributed by atoms with Crippen LogP contribution in [-0.2, 0) is 22.6 Å². The van der Waals surface area contributed by atoms with Crippen molar-refractivity contribution in [1.82, 2.24) is 10.1 Å². The summed E-state index contributed by atoms with van der Waals surface area (Å²) in [4.78, 5) is 18.2. The van der Waals surface area contributed by atoms with Crippen molar-refractivity contribution in [3.63, 3.8) is 0 Å². The Kier molecular flexibility index (Phi) is 5.66. The molecule has 5 nitrogen and oxygen atoms in total. The van der Waals surface area contributed by atoms with Crippen molar-refractivity contribution in [3.8, 4) is 10.7 Å². The van der Waals surface area contributed by atoms with E-state index in [1.807, 2.05) is 48.0 Å². The van der Waals surface area contributed by atoms with Gasteiger partial charge >= 0.3 is 5.97 Å². The first-order valence-electron chi connectivity index (χ1n) is 7.39. The van der Waals surface area contributed by atoms with E-state index in [0.717, 1.165) is 10.4 Å². The van der Waals surface area contributed by atoms with Gasteiger partial charge in [-0.2, -0.15) is 4.98 Å². The number of ether oxygens (including phenoxy) is 1. The van der Waals surface area contributed by atoms with E-state index in [1.165, 1.54) is 4.90 Å². The lowest BCUT2D eigenvalue weighted by atomic mass is 10.2. The van der Waals surface area contributed by atoms with Crippen LogP contribution in [0.2, 0.25) is 0 Å². The Morgan fingerprint density at radius 1 is 1.29 bits per heavy atom. The van der Waals surface area contributed by atoms with Crippen molar-refractivity contribution in [1.29, 1.82) is 0 Å². The number of hydrogen-bond donors (Lipinski definition) is 0. The number of carbonyl (C=O) groups excluding carboxylic acids is 1. The summed E-state index contributed by atoms with van der Waals surface area (Å²) in [6.07, 6.45) is 2.62. The number of thiophene rings is 1. The summed E-state index contributed by atoms with van der Waals surface area (Å²) in [6, 6.07) is 11.8. The van der Waals surface area contributed by atoms with Crippen molar-refractivity contribution in [3.05, 3.63) is 53.2 Å². The Balaban J connectivity index is 1.45. The monoisotopic (exact) mass is 360 g/mol. The number of nitrogens with zero attached hydrogens (tertiary/aromatic N) is 2. The standard InChI is InChI=1S/C17H16N2O3S2/c1-23-13-6-4-12(5-7-13)11-21-16(20)9-8-15-18-17(19-22-15)14-3-2-10-24-14/h2-7,10H,8-9,11H2,1H3. The van der Waals surface area contributed by atoms with E-state index < -0.39 is 0 Å². The minimum Gasteiger partial charge on any atom is -0.461 e. The lowest BCUT2D eigenvalue weighted by Crippen LogP contribution is -2.06. The van der Waals surface area contributed by atoms with E-state index in [2.05, 4.69) is 10.1 Å². The van der Waals surface area contributed by atoms with Gasteiger partial charge in [0.1, 0.15) is 6.61 Å². The molecule has 1 aromatic carbocycles. The maximum Gasteiger partial charge on any atom is 0.306 e. The van der Waals surface area contributed by atoms with Gasteiger partial charge in [0.25, 0.3) is 0 Å². The molecule has 0 saturated carbocycles. The van der Waals surface area contributed by atoms with Crippen LogP contribution in [0.3, 0.4) is 0 Å². The second-order valence-corrected chi connectivity index (χ2v) is 6.83. The van der Waals surface area contributed by atoms with E-state index in [0.29, 0.717) is 18.1 Å². The lowest BCUT2D eigenvalue weighted by molar-refractivity contribution is -0.145. The molecule has 0 saturated heterocycles. The zero-order valence-electron chi connectivity index (χ0n) is 13.1. The number of rotatable bonds is 7. The fourth-order valence-electron chi connectivity index (χ4n) is 2.03. The Morgan fingerprint density at radius 2 is 2.12 bits per heavy atom. The first-order chi connectivity index (χ1) is 11.7. The van der Waals surface area contributed by atoms with Gasteiger partial charge in [-0.15, -0.1) is 23.1 Å². The van der Waals surface area contributed by atoms with Gasteiger partial charge < -0.3 is 9.26 Å². The van der Waals surface area contributed by atoms with Crippen LogP contribution >= 0.6 is 23.1 Å². The van der Waals surface area contributed by atoms with Gasteiger partial charge in [-0.05, 0) is 35.4 Å². The zero-order chi connectivity index (χ0) is 16.8. The molecule has 0 aliphatic rings. The van der Waals surface area contributed by atoms with E-state index in [9.17, 15) is 4.79 Å². The Hall–Kier alpha value is -2.12. The summed E-state index contributed by atoms with van der Waals surface area (Å²) < 4.78 is 10.4. The highest BCUT2D eigenvalue weighted by atomic mass is 32.2. The molecule has 0 amide bonds. The molecule has 3 aromatic rings. The molecule has 24 heavy (non-hydrogen) atoms. The highest BCUT2D eigenvalue weighted by Gasteiger charge is 2.12. The average molecular weight is 360 g/mol. The Labute approximate surface area is 148 Å². The average Bonchev–Trinajstić information content (AvgIpc) is 3.29. The fourth-order valence-corrected chi connectivity index (χ4v) is 3.09. The lowest BCUT2D eigenvalue weighted by Gasteiger charge is -2.04. The summed E-state index contributed by atoms with van der Waals surface area (Å²) in [5.74, 6) is 0.724. The molecule has 0 N–H and O–H groups in total. The Bertz CT molecular complexity index is 783. The van der Waals surface area contributed by atoms with Crippen LogP contribution < -0.4 is 0 Å². The van der Waals surface area contributed by atoms with Crippen molar-refractivity contribution in [2.24, 2.45) is 0 Å². The second kappa shape index (κ2) is 8.12. The maximum atomic E-state index is 11.8. The normalized spacial score (nSPS) is 10.7. The van der Waals surface area contributed by atoms with Gasteiger partial charge in [0, 0.05) is 11.3 Å². The van der Waals surface area contributed by atoms with Crippen LogP contribution in [-0.4, -0.2) is 22.4 Å². The number of benzene rings is 1.